The van der Waals surface area contributed by atoms with Gasteiger partial charge in [-0.3, -0.25) is 0 Å². The van der Waals surface area contributed by atoms with E-state index in [-0.39, 0.29) is 6.61 Å². The van der Waals surface area contributed by atoms with Crippen molar-refractivity contribution < 1.29 is 5.11 Å². The van der Waals surface area contributed by atoms with E-state index in [4.69, 9.17) is 34.8 Å². The smallest absolute Gasteiger partial charge is 0.0828 e. The van der Waals surface area contributed by atoms with Gasteiger partial charge in [-0.05, 0) is 48.9 Å². The van der Waals surface area contributed by atoms with Gasteiger partial charge < -0.3 is 10.4 Å². The van der Waals surface area contributed by atoms with Crippen LogP contribution >= 0.6 is 34.8 Å². The van der Waals surface area contributed by atoms with Gasteiger partial charge in [-0.15, -0.1) is 0 Å². The quantitative estimate of drug-likeness (QED) is 0.830. The molecule has 0 aliphatic heterocycles. The molecule has 0 aliphatic rings. The lowest BCUT2D eigenvalue weighted by atomic mass is 9.92. The highest BCUT2D eigenvalue weighted by Crippen LogP contribution is 2.31. The van der Waals surface area contributed by atoms with Gasteiger partial charge in [0, 0.05) is 10.7 Å². The molecule has 1 atom stereocenters. The monoisotopic (exact) mass is 329 g/mol. The number of nitrogens with one attached hydrogen (secondary N) is 1. The SMILES string of the molecule is CC(CO)(Nc1ccc(Cl)cc1)c1ccc(Cl)c(Cl)c1. The second-order valence-electron chi connectivity index (χ2n) is 4.75. The van der Waals surface area contributed by atoms with E-state index in [0.29, 0.717) is 15.1 Å². The number of hydrogen-bond donors (Lipinski definition) is 2. The molecule has 0 saturated carbocycles. The molecule has 2 aromatic rings. The van der Waals surface area contributed by atoms with E-state index in [2.05, 4.69) is 5.32 Å². The van der Waals surface area contributed by atoms with Crippen molar-refractivity contribution in [1.82, 2.24) is 0 Å². The van der Waals surface area contributed by atoms with Gasteiger partial charge in [-0.25, -0.2) is 0 Å². The minimum absolute atomic E-state index is 0.0897. The molecule has 0 aliphatic carbocycles. The maximum atomic E-state index is 9.75. The van der Waals surface area contributed by atoms with Gasteiger partial charge in [0.1, 0.15) is 0 Å². The maximum Gasteiger partial charge on any atom is 0.0828 e. The molecule has 0 radical (unpaired) electrons. The van der Waals surface area contributed by atoms with Crippen molar-refractivity contribution in [3.63, 3.8) is 0 Å². The maximum absolute atomic E-state index is 9.75. The molecule has 1 unspecified atom stereocenters. The van der Waals surface area contributed by atoms with Crippen LogP contribution in [0.3, 0.4) is 0 Å². The average Bonchev–Trinajstić information content (AvgIpc) is 2.44. The van der Waals surface area contributed by atoms with Crippen LogP contribution in [-0.2, 0) is 5.54 Å². The zero-order valence-corrected chi connectivity index (χ0v) is 13.1. The second kappa shape index (κ2) is 6.23. The van der Waals surface area contributed by atoms with E-state index in [1.165, 1.54) is 0 Å². The van der Waals surface area contributed by atoms with Crippen molar-refractivity contribution in [1.29, 1.82) is 0 Å². The van der Waals surface area contributed by atoms with Crippen LogP contribution < -0.4 is 5.32 Å². The van der Waals surface area contributed by atoms with E-state index in [1.807, 2.05) is 25.1 Å². The van der Waals surface area contributed by atoms with Crippen LogP contribution in [0.4, 0.5) is 5.69 Å². The predicted octanol–water partition coefficient (Wildman–Crippen LogP) is 4.97. The van der Waals surface area contributed by atoms with Crippen LogP contribution in [0.25, 0.3) is 0 Å². The van der Waals surface area contributed by atoms with Crippen molar-refractivity contribution in [3.8, 4) is 0 Å². The molecular weight excluding hydrogens is 317 g/mol. The minimum Gasteiger partial charge on any atom is -0.394 e. The minimum atomic E-state index is -0.665. The Morgan fingerprint density at radius 3 is 2.20 bits per heavy atom. The Kier molecular flexibility index (Phi) is 4.82. The Bertz CT molecular complexity index is 601. The normalized spacial score (nSPS) is 13.8. The van der Waals surface area contributed by atoms with Gasteiger partial charge in [0.05, 0.1) is 22.2 Å². The molecule has 0 fully saturated rings. The van der Waals surface area contributed by atoms with Crippen LogP contribution in [-0.4, -0.2) is 11.7 Å². The fourth-order valence-electron chi connectivity index (χ4n) is 1.89. The summed E-state index contributed by atoms with van der Waals surface area (Å²) >= 11 is 17.8. The first-order valence-electron chi connectivity index (χ1n) is 6.05. The summed E-state index contributed by atoms with van der Waals surface area (Å²) in [5, 5.41) is 14.6. The number of benzene rings is 2. The summed E-state index contributed by atoms with van der Waals surface area (Å²) in [6.45, 7) is 1.80. The molecule has 0 saturated heterocycles. The van der Waals surface area contributed by atoms with E-state index < -0.39 is 5.54 Å². The highest BCUT2D eigenvalue weighted by atomic mass is 35.5. The van der Waals surface area contributed by atoms with Crippen LogP contribution in [0.2, 0.25) is 15.1 Å². The summed E-state index contributed by atoms with van der Waals surface area (Å²) in [5.41, 5.74) is 1.04. The molecule has 0 bridgehead atoms. The lowest BCUT2D eigenvalue weighted by Crippen LogP contribution is -2.35. The Hall–Kier alpha value is -0.930. The molecule has 2 nitrogen and oxygen atoms in total. The third kappa shape index (κ3) is 3.39. The molecule has 20 heavy (non-hydrogen) atoms. The highest BCUT2D eigenvalue weighted by Gasteiger charge is 2.26. The number of aliphatic hydroxyl groups is 1. The third-order valence-corrected chi connectivity index (χ3v) is 4.13. The summed E-state index contributed by atoms with van der Waals surface area (Å²) < 4.78 is 0. The van der Waals surface area contributed by atoms with E-state index in [9.17, 15) is 5.11 Å². The summed E-state index contributed by atoms with van der Waals surface area (Å²) in [5.74, 6) is 0. The van der Waals surface area contributed by atoms with E-state index in [0.717, 1.165) is 11.3 Å². The largest absolute Gasteiger partial charge is 0.394 e. The lowest BCUT2D eigenvalue weighted by Gasteiger charge is -2.31. The predicted molar refractivity (Wildman–Crippen MR) is 86.0 cm³/mol. The Morgan fingerprint density at radius 2 is 1.65 bits per heavy atom. The fraction of sp³-hybridized carbons (Fsp3) is 0.200. The summed E-state index contributed by atoms with van der Waals surface area (Å²) in [7, 11) is 0. The fourth-order valence-corrected chi connectivity index (χ4v) is 2.32. The average molecular weight is 331 g/mol. The summed E-state index contributed by atoms with van der Waals surface area (Å²) in [6.07, 6.45) is 0. The van der Waals surface area contributed by atoms with Crippen LogP contribution in [0, 0.1) is 0 Å². The van der Waals surface area contributed by atoms with Crippen molar-refractivity contribution in [2.75, 3.05) is 11.9 Å². The zero-order valence-electron chi connectivity index (χ0n) is 10.8. The molecule has 0 spiro atoms. The Balaban J connectivity index is 2.32. The molecule has 2 aromatic carbocycles. The highest BCUT2D eigenvalue weighted by molar-refractivity contribution is 6.42. The molecule has 0 aromatic heterocycles. The van der Waals surface area contributed by atoms with Crippen molar-refractivity contribution in [2.24, 2.45) is 0 Å². The van der Waals surface area contributed by atoms with Crippen LogP contribution in [0.1, 0.15) is 12.5 Å². The van der Waals surface area contributed by atoms with E-state index >= 15 is 0 Å². The molecule has 2 N–H and O–H groups in total. The molecule has 0 amide bonds. The zero-order chi connectivity index (χ0) is 14.8. The number of rotatable bonds is 4. The number of halogens is 3. The number of aliphatic hydroxyl groups excluding tert-OH is 1. The first-order valence-corrected chi connectivity index (χ1v) is 7.18. The van der Waals surface area contributed by atoms with E-state index in [1.54, 1.807) is 24.3 Å². The van der Waals surface area contributed by atoms with Gasteiger partial charge in [0.15, 0.2) is 0 Å². The van der Waals surface area contributed by atoms with Crippen molar-refractivity contribution in [3.05, 3.63) is 63.1 Å². The summed E-state index contributed by atoms with van der Waals surface area (Å²) in [6, 6.07) is 12.6. The molecule has 106 valence electrons. The summed E-state index contributed by atoms with van der Waals surface area (Å²) in [4.78, 5) is 0. The molecule has 2 rings (SSSR count). The first kappa shape index (κ1) is 15.5. The van der Waals surface area contributed by atoms with Gasteiger partial charge in [-0.2, -0.15) is 0 Å². The lowest BCUT2D eigenvalue weighted by molar-refractivity contribution is 0.224. The molecule has 5 heteroatoms. The first-order chi connectivity index (χ1) is 9.44. The molecular formula is C15H14Cl3NO. The number of anilines is 1. The van der Waals surface area contributed by atoms with Crippen LogP contribution in [0.5, 0.6) is 0 Å². The van der Waals surface area contributed by atoms with Gasteiger partial charge >= 0.3 is 0 Å². The van der Waals surface area contributed by atoms with Gasteiger partial charge in [-0.1, -0.05) is 40.9 Å². The van der Waals surface area contributed by atoms with Crippen LogP contribution in [0.15, 0.2) is 42.5 Å². The van der Waals surface area contributed by atoms with Gasteiger partial charge in [0.2, 0.25) is 0 Å². The standard InChI is InChI=1S/C15H14Cl3NO/c1-15(9-20,10-2-7-13(17)14(18)8-10)19-12-5-3-11(16)4-6-12/h2-8,19-20H,9H2,1H3. The van der Waals surface area contributed by atoms with Crippen molar-refractivity contribution >= 4 is 40.5 Å². The Morgan fingerprint density at radius 1 is 1.00 bits per heavy atom. The van der Waals surface area contributed by atoms with Crippen molar-refractivity contribution in [2.45, 2.75) is 12.5 Å². The van der Waals surface area contributed by atoms with Gasteiger partial charge in [0.25, 0.3) is 0 Å². The molecule has 0 heterocycles. The third-order valence-electron chi connectivity index (χ3n) is 3.14. The Labute approximate surface area is 133 Å². The topological polar surface area (TPSA) is 32.3 Å². The number of hydrogen-bond acceptors (Lipinski definition) is 2. The second-order valence-corrected chi connectivity index (χ2v) is 6.00.